The summed E-state index contributed by atoms with van der Waals surface area (Å²) in [5.41, 5.74) is 0.803. The van der Waals surface area contributed by atoms with Gasteiger partial charge >= 0.3 is 87.4 Å². The molecule has 17 heteroatoms. The van der Waals surface area contributed by atoms with Crippen LogP contribution in [0.15, 0.2) is 97.1 Å². The van der Waals surface area contributed by atoms with Crippen LogP contribution in [0.5, 0.6) is 11.5 Å². The van der Waals surface area contributed by atoms with Gasteiger partial charge in [-0.3, -0.25) is 9.59 Å². The van der Waals surface area contributed by atoms with E-state index < -0.39 is 23.4 Å². The standard InChI is InChI=1S/2C14H11NO4.2Ca.5H2O/c2*16-12-8-10(6-7-11(12)14(18)19)15-13(17)9-4-2-1-3-5-9;;;;;;;/h2*1-8,16H,(H,15,17)(H,18,19);;;5*1H2/q;;2*+2;;;;;/p-2. The van der Waals surface area contributed by atoms with Crippen molar-refractivity contribution in [3.05, 3.63) is 119 Å². The summed E-state index contributed by atoms with van der Waals surface area (Å²) in [6.45, 7) is 0. The van der Waals surface area contributed by atoms with Gasteiger partial charge in [-0.15, -0.1) is 0 Å². The molecule has 45 heavy (non-hydrogen) atoms. The SMILES string of the molecule is O.O.O.O.O.O=C(Nc1ccc(C(=O)O)c([O-])c1)c1ccccc1.O=C(Nc1ccc(C(=O)O)c([O-])c1)c1ccccc1.[Ca+2].[Ca+2]. The molecular formula is C28H30Ca2N2O13+2. The molecule has 0 atom stereocenters. The number of benzene rings is 4. The van der Waals surface area contributed by atoms with Crippen molar-refractivity contribution in [1.29, 1.82) is 0 Å². The molecule has 0 unspecified atom stereocenters. The minimum Gasteiger partial charge on any atom is -0.872 e. The largest absolute Gasteiger partial charge is 2.00 e. The molecule has 232 valence electrons. The van der Waals surface area contributed by atoms with E-state index in [1.807, 2.05) is 0 Å². The average Bonchev–Trinajstić information content (AvgIpc) is 2.90. The normalized spacial score (nSPS) is 8.36. The van der Waals surface area contributed by atoms with Crippen molar-refractivity contribution in [1.82, 2.24) is 0 Å². The van der Waals surface area contributed by atoms with Gasteiger partial charge in [-0.2, -0.15) is 0 Å². The molecule has 0 aliphatic carbocycles. The molecule has 15 nitrogen and oxygen atoms in total. The molecule has 0 aliphatic heterocycles. The van der Waals surface area contributed by atoms with Crippen molar-refractivity contribution >= 4 is 111 Å². The van der Waals surface area contributed by atoms with Crippen LogP contribution in [0.25, 0.3) is 0 Å². The smallest absolute Gasteiger partial charge is 0.872 e. The van der Waals surface area contributed by atoms with Gasteiger partial charge in [0.2, 0.25) is 0 Å². The van der Waals surface area contributed by atoms with Crippen LogP contribution in [-0.4, -0.2) is 137 Å². The fourth-order valence-corrected chi connectivity index (χ4v) is 3.14. The van der Waals surface area contributed by atoms with Crippen LogP contribution >= 0.6 is 0 Å². The zero-order valence-corrected chi connectivity index (χ0v) is 27.9. The monoisotopic (exact) mass is 682 g/mol. The summed E-state index contributed by atoms with van der Waals surface area (Å²) in [4.78, 5) is 45.0. The second kappa shape index (κ2) is 24.9. The summed E-state index contributed by atoms with van der Waals surface area (Å²) in [5.74, 6) is -4.57. The number of hydrogen-bond donors (Lipinski definition) is 4. The first-order valence-electron chi connectivity index (χ1n) is 11.0. The summed E-state index contributed by atoms with van der Waals surface area (Å²) in [6.07, 6.45) is 0. The van der Waals surface area contributed by atoms with Gasteiger partial charge in [-0.25, -0.2) is 9.59 Å². The van der Waals surface area contributed by atoms with Gasteiger partial charge in [0, 0.05) is 22.5 Å². The average molecular weight is 683 g/mol. The van der Waals surface area contributed by atoms with Crippen molar-refractivity contribution in [3.63, 3.8) is 0 Å². The molecule has 0 saturated carbocycles. The van der Waals surface area contributed by atoms with Gasteiger partial charge in [0.1, 0.15) is 0 Å². The number of amides is 2. The minimum absolute atomic E-state index is 0. The number of aromatic carboxylic acids is 2. The van der Waals surface area contributed by atoms with Gasteiger partial charge in [0.05, 0.1) is 11.1 Å². The Bertz CT molecular complexity index is 1380. The second-order valence-electron chi connectivity index (χ2n) is 7.67. The molecular weight excluding hydrogens is 652 g/mol. The Morgan fingerprint density at radius 1 is 0.489 bits per heavy atom. The van der Waals surface area contributed by atoms with E-state index in [1.54, 1.807) is 60.7 Å². The molecule has 0 heterocycles. The van der Waals surface area contributed by atoms with E-state index in [4.69, 9.17) is 10.2 Å². The fourth-order valence-electron chi connectivity index (χ4n) is 3.14. The molecule has 4 aromatic rings. The number of rotatable bonds is 6. The van der Waals surface area contributed by atoms with E-state index in [9.17, 15) is 29.4 Å². The van der Waals surface area contributed by atoms with E-state index in [0.717, 1.165) is 12.1 Å². The van der Waals surface area contributed by atoms with Crippen LogP contribution in [0.2, 0.25) is 0 Å². The Labute approximate surface area is 316 Å². The maximum absolute atomic E-state index is 11.8. The summed E-state index contributed by atoms with van der Waals surface area (Å²) < 4.78 is 0. The first-order chi connectivity index (χ1) is 18.2. The molecule has 0 bridgehead atoms. The van der Waals surface area contributed by atoms with Crippen molar-refractivity contribution in [3.8, 4) is 11.5 Å². The van der Waals surface area contributed by atoms with Gasteiger partial charge in [-0.1, -0.05) is 47.9 Å². The third-order valence-electron chi connectivity index (χ3n) is 5.01. The van der Waals surface area contributed by atoms with E-state index >= 15 is 0 Å². The number of anilines is 2. The predicted molar refractivity (Wildman–Crippen MR) is 164 cm³/mol. The van der Waals surface area contributed by atoms with Crippen LogP contribution in [0.1, 0.15) is 41.4 Å². The Kier molecular flexibility index (Phi) is 28.4. The second-order valence-corrected chi connectivity index (χ2v) is 7.67. The quantitative estimate of drug-likeness (QED) is 0.174. The molecule has 14 N–H and O–H groups in total. The van der Waals surface area contributed by atoms with Crippen molar-refractivity contribution in [2.45, 2.75) is 0 Å². The van der Waals surface area contributed by atoms with Crippen molar-refractivity contribution in [2.75, 3.05) is 10.6 Å². The molecule has 4 rings (SSSR count). The van der Waals surface area contributed by atoms with Crippen molar-refractivity contribution < 1.29 is 67.0 Å². The topological polar surface area (TPSA) is 336 Å². The number of hydrogen-bond acceptors (Lipinski definition) is 6. The molecule has 0 spiro atoms. The van der Waals surface area contributed by atoms with Gasteiger partial charge in [-0.05, 0) is 60.7 Å². The van der Waals surface area contributed by atoms with E-state index in [2.05, 4.69) is 10.6 Å². The van der Waals surface area contributed by atoms with Crippen LogP contribution < -0.4 is 20.8 Å². The Morgan fingerprint density at radius 3 is 1.02 bits per heavy atom. The molecule has 0 aliphatic rings. The van der Waals surface area contributed by atoms with E-state index in [-0.39, 0.29) is 137 Å². The maximum Gasteiger partial charge on any atom is 2.00 e. The van der Waals surface area contributed by atoms with Crippen molar-refractivity contribution in [2.24, 2.45) is 0 Å². The first kappa shape index (κ1) is 51.3. The third kappa shape index (κ3) is 15.5. The van der Waals surface area contributed by atoms with Gasteiger partial charge < -0.3 is 58.4 Å². The number of carbonyl (C=O) groups is 4. The van der Waals surface area contributed by atoms with Crippen LogP contribution in [-0.2, 0) is 0 Å². The predicted octanol–water partition coefficient (Wildman–Crippen LogP) is -1.46. The fraction of sp³-hybridized carbons (Fsp3) is 0. The van der Waals surface area contributed by atoms with Gasteiger partial charge in [0.25, 0.3) is 11.8 Å². The van der Waals surface area contributed by atoms with Gasteiger partial charge in [0.15, 0.2) is 0 Å². The summed E-state index contributed by atoms with van der Waals surface area (Å²) in [6, 6.07) is 24.3. The molecule has 0 fully saturated rings. The maximum atomic E-state index is 11.8. The summed E-state index contributed by atoms with van der Waals surface area (Å²) in [7, 11) is 0. The molecule has 0 aromatic heterocycles. The minimum atomic E-state index is -1.29. The number of carbonyl (C=O) groups excluding carboxylic acids is 2. The molecule has 0 saturated heterocycles. The Hall–Kier alpha value is -3.32. The summed E-state index contributed by atoms with van der Waals surface area (Å²) >= 11 is 0. The van der Waals surface area contributed by atoms with Crippen LogP contribution in [0.4, 0.5) is 11.4 Å². The van der Waals surface area contributed by atoms with E-state index in [0.29, 0.717) is 11.1 Å². The Balaban J connectivity index is -0.000000205. The summed E-state index contributed by atoms with van der Waals surface area (Å²) in [5, 5.41) is 45.5. The van der Waals surface area contributed by atoms with Crippen LogP contribution in [0, 0.1) is 0 Å². The third-order valence-corrected chi connectivity index (χ3v) is 5.01. The molecule has 2 amide bonds. The number of carboxylic acids is 2. The Morgan fingerprint density at radius 2 is 0.778 bits per heavy atom. The van der Waals surface area contributed by atoms with E-state index in [1.165, 1.54) is 24.3 Å². The molecule has 0 radical (unpaired) electrons. The molecule has 4 aromatic carbocycles. The number of carboxylic acid groups (broad SMARTS) is 2. The number of nitrogens with one attached hydrogen (secondary N) is 2. The van der Waals surface area contributed by atoms with Crippen LogP contribution in [0.3, 0.4) is 0 Å². The zero-order chi connectivity index (χ0) is 27.7. The zero-order valence-electron chi connectivity index (χ0n) is 23.5. The first-order valence-corrected chi connectivity index (χ1v) is 11.0.